The van der Waals surface area contributed by atoms with Crippen molar-refractivity contribution in [1.82, 2.24) is 15.5 Å². The molecule has 7 nitrogen and oxygen atoms in total. The number of hydrogen-bond donors (Lipinski definition) is 3. The van der Waals surface area contributed by atoms with E-state index in [-0.39, 0.29) is 30.8 Å². The number of nitrogens with one attached hydrogen (secondary N) is 3. The molecule has 0 radical (unpaired) electrons. The molecule has 0 saturated heterocycles. The SMILES string of the molecule is CCNC(=O)[C@@H](C)NC(=O)CN(C)CC(=O)Nc1ccc(Cl)c(Cl)c1. The average Bonchev–Trinajstić information content (AvgIpc) is 2.50. The van der Waals surface area contributed by atoms with Gasteiger partial charge in [-0.3, -0.25) is 19.3 Å². The lowest BCUT2D eigenvalue weighted by Crippen LogP contribution is -2.48. The van der Waals surface area contributed by atoms with E-state index >= 15 is 0 Å². The molecule has 0 spiro atoms. The molecular weight excluding hydrogens is 367 g/mol. The largest absolute Gasteiger partial charge is 0.355 e. The van der Waals surface area contributed by atoms with E-state index in [0.29, 0.717) is 22.3 Å². The number of benzene rings is 1. The first-order valence-electron chi connectivity index (χ1n) is 7.73. The van der Waals surface area contributed by atoms with Crippen LogP contribution >= 0.6 is 23.2 Å². The highest BCUT2D eigenvalue weighted by Gasteiger charge is 2.17. The fourth-order valence-electron chi connectivity index (χ4n) is 2.00. The summed E-state index contributed by atoms with van der Waals surface area (Å²) in [7, 11) is 1.63. The molecule has 0 aliphatic heterocycles. The molecule has 1 atom stereocenters. The molecule has 1 aromatic carbocycles. The lowest BCUT2D eigenvalue weighted by molar-refractivity contribution is -0.129. The third-order valence-corrected chi connectivity index (χ3v) is 3.89. The number of amides is 3. The number of likely N-dealkylation sites (N-methyl/N-ethyl adjacent to an activating group) is 2. The van der Waals surface area contributed by atoms with Gasteiger partial charge in [0.2, 0.25) is 17.7 Å². The minimum atomic E-state index is -0.633. The summed E-state index contributed by atoms with van der Waals surface area (Å²) in [5.74, 6) is -0.898. The van der Waals surface area contributed by atoms with Gasteiger partial charge in [-0.25, -0.2) is 0 Å². The van der Waals surface area contributed by atoms with Gasteiger partial charge in [-0.05, 0) is 39.1 Å². The Morgan fingerprint density at radius 2 is 1.76 bits per heavy atom. The first kappa shape index (κ1) is 21.2. The minimum absolute atomic E-state index is 0.00318. The molecule has 1 rings (SSSR count). The van der Waals surface area contributed by atoms with Crippen LogP contribution in [0.3, 0.4) is 0 Å². The van der Waals surface area contributed by atoms with E-state index in [9.17, 15) is 14.4 Å². The molecule has 0 bridgehead atoms. The number of hydrogen-bond acceptors (Lipinski definition) is 4. The Morgan fingerprint density at radius 1 is 1.12 bits per heavy atom. The van der Waals surface area contributed by atoms with Crippen LogP contribution in [0.1, 0.15) is 13.8 Å². The van der Waals surface area contributed by atoms with Gasteiger partial charge in [-0.2, -0.15) is 0 Å². The third-order valence-electron chi connectivity index (χ3n) is 3.15. The number of carbonyl (C=O) groups is 3. The summed E-state index contributed by atoms with van der Waals surface area (Å²) < 4.78 is 0. The van der Waals surface area contributed by atoms with Gasteiger partial charge in [-0.15, -0.1) is 0 Å². The number of anilines is 1. The third kappa shape index (κ3) is 7.72. The summed E-state index contributed by atoms with van der Waals surface area (Å²) in [6.07, 6.45) is 0. The van der Waals surface area contributed by atoms with Crippen LogP contribution in [0, 0.1) is 0 Å². The van der Waals surface area contributed by atoms with Crippen molar-refractivity contribution in [1.29, 1.82) is 0 Å². The first-order chi connectivity index (χ1) is 11.7. The molecule has 0 aromatic heterocycles. The van der Waals surface area contributed by atoms with Crippen molar-refractivity contribution in [2.75, 3.05) is 32.0 Å². The standard InChI is InChI=1S/C16H22Cl2N4O3/c1-4-19-16(25)10(2)20-14(23)8-22(3)9-15(24)21-11-5-6-12(17)13(18)7-11/h5-7,10H,4,8-9H2,1-3H3,(H,19,25)(H,20,23)(H,21,24)/t10-/m1/s1. The van der Waals surface area contributed by atoms with Crippen LogP contribution in [0.2, 0.25) is 10.0 Å². The molecule has 25 heavy (non-hydrogen) atoms. The van der Waals surface area contributed by atoms with Crippen LogP contribution in [0.4, 0.5) is 5.69 Å². The molecular formula is C16H22Cl2N4O3. The molecule has 3 amide bonds. The highest BCUT2D eigenvalue weighted by atomic mass is 35.5. The second-order valence-electron chi connectivity index (χ2n) is 5.53. The maximum absolute atomic E-state index is 12.0. The molecule has 0 unspecified atom stereocenters. The van der Waals surface area contributed by atoms with Crippen LogP contribution in [0.15, 0.2) is 18.2 Å². The zero-order valence-corrected chi connectivity index (χ0v) is 15.9. The molecule has 0 aliphatic rings. The fraction of sp³-hybridized carbons (Fsp3) is 0.438. The maximum atomic E-state index is 12.0. The summed E-state index contributed by atoms with van der Waals surface area (Å²) in [6, 6.07) is 4.13. The van der Waals surface area contributed by atoms with Gasteiger partial charge in [0.1, 0.15) is 6.04 Å². The van der Waals surface area contributed by atoms with Crippen LogP contribution in [0.5, 0.6) is 0 Å². The van der Waals surface area contributed by atoms with E-state index < -0.39 is 6.04 Å². The van der Waals surface area contributed by atoms with Gasteiger partial charge >= 0.3 is 0 Å². The molecule has 0 saturated carbocycles. The number of halogens is 2. The molecule has 1 aromatic rings. The van der Waals surface area contributed by atoms with Gasteiger partial charge in [-0.1, -0.05) is 23.2 Å². The lowest BCUT2D eigenvalue weighted by Gasteiger charge is -2.18. The normalized spacial score (nSPS) is 11.8. The van der Waals surface area contributed by atoms with E-state index in [1.165, 1.54) is 4.90 Å². The molecule has 0 fully saturated rings. The Morgan fingerprint density at radius 3 is 2.36 bits per heavy atom. The first-order valence-corrected chi connectivity index (χ1v) is 8.49. The van der Waals surface area contributed by atoms with Crippen LogP contribution in [-0.2, 0) is 14.4 Å². The monoisotopic (exact) mass is 388 g/mol. The zero-order valence-electron chi connectivity index (χ0n) is 14.4. The van der Waals surface area contributed by atoms with Gasteiger partial charge < -0.3 is 16.0 Å². The molecule has 0 heterocycles. The second-order valence-corrected chi connectivity index (χ2v) is 6.35. The van der Waals surface area contributed by atoms with Crippen molar-refractivity contribution < 1.29 is 14.4 Å². The van der Waals surface area contributed by atoms with Crippen LogP contribution in [-0.4, -0.2) is 55.3 Å². The van der Waals surface area contributed by atoms with Crippen molar-refractivity contribution in [2.24, 2.45) is 0 Å². The summed E-state index contributed by atoms with van der Waals surface area (Å²) >= 11 is 11.7. The second kappa shape index (κ2) is 10.2. The highest BCUT2D eigenvalue weighted by molar-refractivity contribution is 6.42. The van der Waals surface area contributed by atoms with Gasteiger partial charge in [0, 0.05) is 12.2 Å². The summed E-state index contributed by atoms with van der Waals surface area (Å²) in [4.78, 5) is 37.0. The zero-order chi connectivity index (χ0) is 19.0. The molecule has 0 aliphatic carbocycles. The smallest absolute Gasteiger partial charge is 0.242 e. The Hall–Kier alpha value is -1.83. The van der Waals surface area contributed by atoms with Crippen molar-refractivity contribution in [3.05, 3.63) is 28.2 Å². The van der Waals surface area contributed by atoms with Gasteiger partial charge in [0.05, 0.1) is 23.1 Å². The summed E-state index contributed by atoms with van der Waals surface area (Å²) in [6.45, 7) is 3.88. The predicted molar refractivity (Wildman–Crippen MR) is 98.9 cm³/mol. The van der Waals surface area contributed by atoms with E-state index in [1.54, 1.807) is 39.1 Å². The molecule has 3 N–H and O–H groups in total. The van der Waals surface area contributed by atoms with E-state index in [0.717, 1.165) is 0 Å². The quantitative estimate of drug-likeness (QED) is 0.629. The van der Waals surface area contributed by atoms with Crippen LogP contribution in [0.25, 0.3) is 0 Å². The van der Waals surface area contributed by atoms with Crippen molar-refractivity contribution in [2.45, 2.75) is 19.9 Å². The molecule has 9 heteroatoms. The number of carbonyl (C=O) groups excluding carboxylic acids is 3. The van der Waals surface area contributed by atoms with Crippen molar-refractivity contribution >= 4 is 46.6 Å². The average molecular weight is 389 g/mol. The van der Waals surface area contributed by atoms with E-state index in [2.05, 4.69) is 16.0 Å². The Balaban J connectivity index is 2.43. The topological polar surface area (TPSA) is 90.5 Å². The summed E-state index contributed by atoms with van der Waals surface area (Å²) in [5, 5.41) is 8.60. The van der Waals surface area contributed by atoms with Crippen molar-refractivity contribution in [3.8, 4) is 0 Å². The Kier molecular flexibility index (Phi) is 8.68. The maximum Gasteiger partial charge on any atom is 0.242 e. The fourth-order valence-corrected chi connectivity index (χ4v) is 2.30. The minimum Gasteiger partial charge on any atom is -0.355 e. The van der Waals surface area contributed by atoms with E-state index in [1.807, 2.05) is 0 Å². The van der Waals surface area contributed by atoms with Crippen LogP contribution < -0.4 is 16.0 Å². The Labute approximate surface area is 157 Å². The van der Waals surface area contributed by atoms with Gasteiger partial charge in [0.15, 0.2) is 0 Å². The van der Waals surface area contributed by atoms with E-state index in [4.69, 9.17) is 23.2 Å². The molecule has 138 valence electrons. The van der Waals surface area contributed by atoms with Crippen molar-refractivity contribution in [3.63, 3.8) is 0 Å². The predicted octanol–water partition coefficient (Wildman–Crippen LogP) is 1.50. The highest BCUT2D eigenvalue weighted by Crippen LogP contribution is 2.24. The number of nitrogens with zero attached hydrogens (tertiary/aromatic N) is 1. The lowest BCUT2D eigenvalue weighted by atomic mass is 10.3. The summed E-state index contributed by atoms with van der Waals surface area (Å²) in [5.41, 5.74) is 0.516. The Bertz CT molecular complexity index is 640. The van der Waals surface area contributed by atoms with Gasteiger partial charge in [0.25, 0.3) is 0 Å². The number of rotatable bonds is 8.